The SMILES string of the molecule is Cc1ccc2c(c1)C(=O)/C(=C\c1cc3sc(-c4ccccc4)nc3n1-c1c(C(C)C)cccc1C(C)C)C2=O. The van der Waals surface area contributed by atoms with Crippen molar-refractivity contribution in [3.05, 3.63) is 112 Å². The zero-order valence-corrected chi connectivity index (χ0v) is 23.6. The van der Waals surface area contributed by atoms with Crippen LogP contribution in [0.4, 0.5) is 0 Å². The first-order chi connectivity index (χ1) is 18.7. The second kappa shape index (κ2) is 9.58. The molecule has 2 heterocycles. The third-order valence-electron chi connectivity index (χ3n) is 7.42. The zero-order chi connectivity index (χ0) is 27.4. The molecular formula is C34H30N2O2S. The summed E-state index contributed by atoms with van der Waals surface area (Å²) < 4.78 is 3.19. The van der Waals surface area contributed by atoms with Crippen molar-refractivity contribution in [1.82, 2.24) is 9.55 Å². The van der Waals surface area contributed by atoms with Gasteiger partial charge in [-0.3, -0.25) is 14.2 Å². The van der Waals surface area contributed by atoms with Crippen LogP contribution in [-0.2, 0) is 0 Å². The number of Topliss-reactive ketones (excluding diaryl/α,β-unsaturated/α-hetero) is 2. The Hall–Kier alpha value is -4.09. The highest BCUT2D eigenvalue weighted by atomic mass is 32.1. The van der Waals surface area contributed by atoms with E-state index in [0.29, 0.717) is 11.1 Å². The fourth-order valence-corrected chi connectivity index (χ4v) is 6.43. The van der Waals surface area contributed by atoms with Crippen molar-refractivity contribution in [3.63, 3.8) is 0 Å². The van der Waals surface area contributed by atoms with E-state index in [2.05, 4.69) is 68.7 Å². The van der Waals surface area contributed by atoms with Crippen molar-refractivity contribution in [3.8, 4) is 16.3 Å². The molecule has 0 saturated carbocycles. The van der Waals surface area contributed by atoms with Crippen LogP contribution < -0.4 is 0 Å². The van der Waals surface area contributed by atoms with Gasteiger partial charge in [0.15, 0.2) is 17.2 Å². The van der Waals surface area contributed by atoms with E-state index >= 15 is 0 Å². The highest BCUT2D eigenvalue weighted by Crippen LogP contribution is 2.40. The van der Waals surface area contributed by atoms with Crippen LogP contribution >= 0.6 is 11.3 Å². The van der Waals surface area contributed by atoms with Crippen LogP contribution in [0.15, 0.2) is 78.4 Å². The van der Waals surface area contributed by atoms with Crippen LogP contribution in [0, 0.1) is 6.92 Å². The smallest absolute Gasteiger partial charge is 0.197 e. The molecule has 0 bridgehead atoms. The number of nitrogens with zero attached hydrogens (tertiary/aromatic N) is 2. The van der Waals surface area contributed by atoms with Gasteiger partial charge in [-0.2, -0.15) is 0 Å². The fourth-order valence-electron chi connectivity index (χ4n) is 5.43. The molecule has 4 nitrogen and oxygen atoms in total. The minimum Gasteiger partial charge on any atom is -0.293 e. The molecule has 194 valence electrons. The van der Waals surface area contributed by atoms with Crippen molar-refractivity contribution in [1.29, 1.82) is 0 Å². The highest BCUT2D eigenvalue weighted by molar-refractivity contribution is 7.21. The summed E-state index contributed by atoms with van der Waals surface area (Å²) in [7, 11) is 0. The molecule has 39 heavy (non-hydrogen) atoms. The lowest BCUT2D eigenvalue weighted by molar-refractivity contribution is 0.0990. The number of aryl methyl sites for hydroxylation is 1. The lowest BCUT2D eigenvalue weighted by atomic mass is 9.92. The number of benzene rings is 3. The number of aromatic nitrogens is 2. The molecule has 5 aromatic rings. The first kappa shape index (κ1) is 25.2. The maximum atomic E-state index is 13.4. The Bertz CT molecular complexity index is 1780. The van der Waals surface area contributed by atoms with Gasteiger partial charge in [0.25, 0.3) is 0 Å². The van der Waals surface area contributed by atoms with Gasteiger partial charge in [-0.25, -0.2) is 4.98 Å². The van der Waals surface area contributed by atoms with Gasteiger partial charge in [-0.1, -0.05) is 93.9 Å². The Labute approximate surface area is 232 Å². The van der Waals surface area contributed by atoms with Gasteiger partial charge in [0.2, 0.25) is 0 Å². The largest absolute Gasteiger partial charge is 0.293 e. The summed E-state index contributed by atoms with van der Waals surface area (Å²) in [5, 5.41) is 0.942. The third kappa shape index (κ3) is 4.18. The number of carbonyl (C=O) groups is 2. The van der Waals surface area contributed by atoms with E-state index in [-0.39, 0.29) is 29.0 Å². The molecule has 0 unspecified atom stereocenters. The van der Waals surface area contributed by atoms with E-state index in [1.165, 1.54) is 11.1 Å². The molecule has 0 saturated heterocycles. The Balaban J connectivity index is 1.64. The molecule has 0 amide bonds. The van der Waals surface area contributed by atoms with Gasteiger partial charge in [0, 0.05) is 16.7 Å². The van der Waals surface area contributed by atoms with Gasteiger partial charge in [-0.05, 0) is 48.1 Å². The predicted molar refractivity (Wildman–Crippen MR) is 160 cm³/mol. The molecule has 1 aliphatic carbocycles. The van der Waals surface area contributed by atoms with E-state index < -0.39 is 0 Å². The molecule has 0 atom stereocenters. The van der Waals surface area contributed by atoms with Crippen molar-refractivity contribution >= 4 is 39.3 Å². The summed E-state index contributed by atoms with van der Waals surface area (Å²) in [5.41, 5.74) is 8.33. The summed E-state index contributed by atoms with van der Waals surface area (Å²) in [4.78, 5) is 32.0. The van der Waals surface area contributed by atoms with Gasteiger partial charge < -0.3 is 0 Å². The van der Waals surface area contributed by atoms with Crippen molar-refractivity contribution in [2.45, 2.75) is 46.5 Å². The van der Waals surface area contributed by atoms with Gasteiger partial charge in [0.1, 0.15) is 5.01 Å². The van der Waals surface area contributed by atoms with E-state index in [1.807, 2.05) is 37.3 Å². The topological polar surface area (TPSA) is 52.0 Å². The van der Waals surface area contributed by atoms with Crippen molar-refractivity contribution in [2.75, 3.05) is 0 Å². The standard InChI is InChI=1S/C34H30N2O2S/c1-19(2)24-12-9-13-25(20(3)4)30(24)36-23(17-28-31(37)26-15-14-21(5)16-27(26)32(28)38)18-29-33(36)35-34(39-29)22-10-7-6-8-11-22/h6-20H,1-5H3/b28-17-. The number of para-hydroxylation sites is 1. The van der Waals surface area contributed by atoms with Crippen LogP contribution in [0.3, 0.4) is 0 Å². The Kier molecular flexibility index (Phi) is 6.19. The molecule has 2 aromatic heterocycles. The second-order valence-electron chi connectivity index (χ2n) is 10.8. The molecule has 5 heteroatoms. The number of carbonyl (C=O) groups excluding carboxylic acids is 2. The normalized spacial score (nSPS) is 14.4. The van der Waals surface area contributed by atoms with Gasteiger partial charge in [-0.15, -0.1) is 11.3 Å². The minimum atomic E-state index is -0.217. The average molecular weight is 531 g/mol. The lowest BCUT2D eigenvalue weighted by Gasteiger charge is -2.22. The fraction of sp³-hybridized carbons (Fsp3) is 0.206. The van der Waals surface area contributed by atoms with Gasteiger partial charge in [0.05, 0.1) is 21.7 Å². The monoisotopic (exact) mass is 530 g/mol. The summed E-state index contributed by atoms with van der Waals surface area (Å²) >= 11 is 1.63. The predicted octanol–water partition coefficient (Wildman–Crippen LogP) is 8.77. The molecule has 0 N–H and O–H groups in total. The average Bonchev–Trinajstić information content (AvgIpc) is 3.55. The Morgan fingerprint density at radius 2 is 1.46 bits per heavy atom. The minimum absolute atomic E-state index is 0.207. The lowest BCUT2D eigenvalue weighted by Crippen LogP contribution is -2.09. The highest BCUT2D eigenvalue weighted by Gasteiger charge is 2.34. The van der Waals surface area contributed by atoms with Gasteiger partial charge >= 0.3 is 0 Å². The maximum Gasteiger partial charge on any atom is 0.197 e. The molecule has 0 fully saturated rings. The van der Waals surface area contributed by atoms with Crippen LogP contribution in [0.25, 0.3) is 32.7 Å². The number of allylic oxidation sites excluding steroid dienone is 1. The summed E-state index contributed by atoms with van der Waals surface area (Å²) in [5.74, 6) is 0.107. The summed E-state index contributed by atoms with van der Waals surface area (Å²) in [6, 6.07) is 24.2. The molecule has 0 radical (unpaired) electrons. The molecular weight excluding hydrogens is 500 g/mol. The summed E-state index contributed by atoms with van der Waals surface area (Å²) in [6.07, 6.45) is 1.78. The number of thiazole rings is 1. The number of ketones is 2. The first-order valence-electron chi connectivity index (χ1n) is 13.4. The molecule has 3 aromatic carbocycles. The van der Waals surface area contributed by atoms with Crippen LogP contribution in [0.5, 0.6) is 0 Å². The third-order valence-corrected chi connectivity index (χ3v) is 8.46. The molecule has 0 spiro atoms. The van der Waals surface area contributed by atoms with E-state index in [9.17, 15) is 9.59 Å². The quantitative estimate of drug-likeness (QED) is 0.169. The van der Waals surface area contributed by atoms with Crippen molar-refractivity contribution < 1.29 is 9.59 Å². The summed E-state index contributed by atoms with van der Waals surface area (Å²) in [6.45, 7) is 10.7. The van der Waals surface area contributed by atoms with Crippen molar-refractivity contribution in [2.24, 2.45) is 0 Å². The van der Waals surface area contributed by atoms with Crippen LogP contribution in [0.2, 0.25) is 0 Å². The zero-order valence-electron chi connectivity index (χ0n) is 22.8. The van der Waals surface area contributed by atoms with E-state index in [1.54, 1.807) is 23.5 Å². The van der Waals surface area contributed by atoms with E-state index in [4.69, 9.17) is 4.98 Å². The Morgan fingerprint density at radius 1 is 0.795 bits per heavy atom. The van der Waals surface area contributed by atoms with Crippen LogP contribution in [0.1, 0.15) is 82.6 Å². The molecule has 6 rings (SSSR count). The Morgan fingerprint density at radius 3 is 2.13 bits per heavy atom. The molecule has 1 aliphatic rings. The number of hydrogen-bond donors (Lipinski definition) is 0. The molecule has 0 aliphatic heterocycles. The van der Waals surface area contributed by atoms with E-state index in [0.717, 1.165) is 37.9 Å². The number of fused-ring (bicyclic) bond motifs is 2. The maximum absolute atomic E-state index is 13.4. The first-order valence-corrected chi connectivity index (χ1v) is 14.2. The number of hydrogen-bond acceptors (Lipinski definition) is 4. The van der Waals surface area contributed by atoms with Crippen LogP contribution in [-0.4, -0.2) is 21.1 Å². The second-order valence-corrected chi connectivity index (χ2v) is 11.9. The number of rotatable bonds is 5.